The van der Waals surface area contributed by atoms with Crippen molar-refractivity contribution in [2.24, 2.45) is 5.92 Å². The van der Waals surface area contributed by atoms with Crippen molar-refractivity contribution >= 4 is 5.91 Å². The predicted octanol–water partition coefficient (Wildman–Crippen LogP) is 0.293. The Morgan fingerprint density at radius 3 is 2.35 bits per heavy atom. The molecule has 2 aliphatic heterocycles. The Bertz CT molecular complexity index is 276. The van der Waals surface area contributed by atoms with Gasteiger partial charge in [0, 0.05) is 38.8 Å². The number of carbonyl (C=O) groups is 1. The molecule has 3 aliphatic rings. The number of rotatable bonds is 2. The molecule has 4 nitrogen and oxygen atoms in total. The van der Waals surface area contributed by atoms with E-state index < -0.39 is 0 Å². The zero-order valence-electron chi connectivity index (χ0n) is 10.5. The Labute approximate surface area is 103 Å². The van der Waals surface area contributed by atoms with Gasteiger partial charge in [0.1, 0.15) is 0 Å². The zero-order chi connectivity index (χ0) is 11.7. The lowest BCUT2D eigenvalue weighted by Crippen LogP contribution is -2.54. The summed E-state index contributed by atoms with van der Waals surface area (Å²) in [7, 11) is 0. The average molecular weight is 237 g/mol. The van der Waals surface area contributed by atoms with Crippen molar-refractivity contribution in [2.45, 2.75) is 31.7 Å². The van der Waals surface area contributed by atoms with E-state index in [1.54, 1.807) is 0 Å². The lowest BCUT2D eigenvalue weighted by atomic mass is 9.91. The minimum absolute atomic E-state index is 0.255. The van der Waals surface area contributed by atoms with Crippen LogP contribution < -0.4 is 5.32 Å². The van der Waals surface area contributed by atoms with E-state index in [1.165, 1.54) is 19.3 Å². The molecule has 1 atom stereocenters. The summed E-state index contributed by atoms with van der Waals surface area (Å²) < 4.78 is 0. The highest BCUT2D eigenvalue weighted by Gasteiger charge is 2.32. The number of piperazine rings is 1. The number of hydrogen-bond acceptors (Lipinski definition) is 3. The minimum Gasteiger partial charge on any atom is -0.340 e. The topological polar surface area (TPSA) is 35.6 Å². The Hall–Kier alpha value is -0.610. The van der Waals surface area contributed by atoms with Crippen LogP contribution in [0.5, 0.6) is 0 Å². The van der Waals surface area contributed by atoms with Gasteiger partial charge in [0.2, 0.25) is 5.91 Å². The minimum atomic E-state index is 0.255. The molecule has 2 saturated heterocycles. The van der Waals surface area contributed by atoms with Crippen LogP contribution in [0.2, 0.25) is 0 Å². The van der Waals surface area contributed by atoms with Crippen molar-refractivity contribution in [2.75, 3.05) is 39.3 Å². The van der Waals surface area contributed by atoms with Gasteiger partial charge in [0.05, 0.1) is 5.92 Å². The fourth-order valence-electron chi connectivity index (χ4n) is 3.18. The predicted molar refractivity (Wildman–Crippen MR) is 66.8 cm³/mol. The summed E-state index contributed by atoms with van der Waals surface area (Å²) in [5.74, 6) is 0.647. The summed E-state index contributed by atoms with van der Waals surface area (Å²) in [6.45, 7) is 5.99. The van der Waals surface area contributed by atoms with E-state index in [2.05, 4.69) is 15.1 Å². The summed E-state index contributed by atoms with van der Waals surface area (Å²) in [5.41, 5.74) is 0. The fourth-order valence-corrected chi connectivity index (χ4v) is 3.18. The lowest BCUT2D eigenvalue weighted by Gasteiger charge is -2.43. The Morgan fingerprint density at radius 1 is 1.06 bits per heavy atom. The molecule has 1 amide bonds. The van der Waals surface area contributed by atoms with Crippen LogP contribution in [0, 0.1) is 5.92 Å². The van der Waals surface area contributed by atoms with Gasteiger partial charge in [-0.2, -0.15) is 0 Å². The van der Waals surface area contributed by atoms with Crippen LogP contribution in [0.15, 0.2) is 0 Å². The molecule has 1 N–H and O–H groups in total. The summed E-state index contributed by atoms with van der Waals surface area (Å²) >= 11 is 0. The summed E-state index contributed by atoms with van der Waals surface area (Å²) in [5, 5.41) is 3.28. The molecule has 3 fully saturated rings. The van der Waals surface area contributed by atoms with E-state index in [-0.39, 0.29) is 5.92 Å². The third-order valence-electron chi connectivity index (χ3n) is 4.63. The van der Waals surface area contributed by atoms with E-state index in [0.717, 1.165) is 51.7 Å². The molecule has 0 bridgehead atoms. The van der Waals surface area contributed by atoms with Gasteiger partial charge in [-0.3, -0.25) is 9.69 Å². The van der Waals surface area contributed by atoms with Crippen LogP contribution >= 0.6 is 0 Å². The Kier molecular flexibility index (Phi) is 3.34. The molecule has 2 heterocycles. The molecule has 3 rings (SSSR count). The number of nitrogens with one attached hydrogen (secondary N) is 1. The third-order valence-corrected chi connectivity index (χ3v) is 4.63. The van der Waals surface area contributed by atoms with Crippen LogP contribution in [0.1, 0.15) is 25.7 Å². The highest BCUT2D eigenvalue weighted by atomic mass is 16.2. The van der Waals surface area contributed by atoms with Gasteiger partial charge in [0.15, 0.2) is 0 Å². The van der Waals surface area contributed by atoms with E-state index in [0.29, 0.717) is 5.91 Å². The number of nitrogens with zero attached hydrogens (tertiary/aromatic N) is 2. The van der Waals surface area contributed by atoms with Crippen molar-refractivity contribution in [3.8, 4) is 0 Å². The van der Waals surface area contributed by atoms with E-state index in [4.69, 9.17) is 0 Å². The van der Waals surface area contributed by atoms with Crippen molar-refractivity contribution in [1.29, 1.82) is 0 Å². The SMILES string of the molecule is O=C(C1CCNC1)N1CCN(C2CCC2)CC1. The molecule has 17 heavy (non-hydrogen) atoms. The van der Waals surface area contributed by atoms with Crippen LogP contribution in [0.4, 0.5) is 0 Å². The second-order valence-corrected chi connectivity index (χ2v) is 5.64. The van der Waals surface area contributed by atoms with Crippen molar-refractivity contribution in [3.63, 3.8) is 0 Å². The first-order valence-electron chi connectivity index (χ1n) is 7.08. The first-order valence-corrected chi connectivity index (χ1v) is 7.08. The summed E-state index contributed by atoms with van der Waals surface area (Å²) in [6.07, 6.45) is 5.18. The third kappa shape index (κ3) is 2.33. The van der Waals surface area contributed by atoms with Crippen LogP contribution in [-0.4, -0.2) is 61.0 Å². The molecule has 0 radical (unpaired) electrons. The summed E-state index contributed by atoms with van der Waals surface area (Å²) in [6, 6.07) is 0.834. The molecule has 0 aromatic carbocycles. The van der Waals surface area contributed by atoms with Crippen LogP contribution in [0.3, 0.4) is 0 Å². The Balaban J connectivity index is 1.48. The maximum Gasteiger partial charge on any atom is 0.227 e. The smallest absolute Gasteiger partial charge is 0.227 e. The van der Waals surface area contributed by atoms with Gasteiger partial charge in [0.25, 0.3) is 0 Å². The van der Waals surface area contributed by atoms with Gasteiger partial charge >= 0.3 is 0 Å². The zero-order valence-corrected chi connectivity index (χ0v) is 10.5. The molecule has 0 aromatic heterocycles. The molecule has 96 valence electrons. The van der Waals surface area contributed by atoms with Gasteiger partial charge in [-0.1, -0.05) is 6.42 Å². The molecule has 1 saturated carbocycles. The standard InChI is InChI=1S/C13H23N3O/c17-13(11-4-5-14-10-11)16-8-6-15(7-9-16)12-2-1-3-12/h11-12,14H,1-10H2. The second kappa shape index (κ2) is 4.94. The highest BCUT2D eigenvalue weighted by Crippen LogP contribution is 2.25. The molecular weight excluding hydrogens is 214 g/mol. The van der Waals surface area contributed by atoms with E-state index in [9.17, 15) is 4.79 Å². The number of amides is 1. The average Bonchev–Trinajstić information content (AvgIpc) is 2.80. The van der Waals surface area contributed by atoms with Gasteiger partial charge < -0.3 is 10.2 Å². The van der Waals surface area contributed by atoms with Crippen molar-refractivity contribution in [3.05, 3.63) is 0 Å². The monoisotopic (exact) mass is 237 g/mol. The fraction of sp³-hybridized carbons (Fsp3) is 0.923. The highest BCUT2D eigenvalue weighted by molar-refractivity contribution is 5.79. The van der Waals surface area contributed by atoms with Crippen LogP contribution in [0.25, 0.3) is 0 Å². The largest absolute Gasteiger partial charge is 0.340 e. The van der Waals surface area contributed by atoms with E-state index in [1.807, 2.05) is 0 Å². The maximum atomic E-state index is 12.2. The first-order chi connectivity index (χ1) is 8.34. The molecule has 1 aliphatic carbocycles. The summed E-state index contributed by atoms with van der Waals surface area (Å²) in [4.78, 5) is 16.9. The molecule has 0 aromatic rings. The van der Waals surface area contributed by atoms with E-state index >= 15 is 0 Å². The number of hydrogen-bond donors (Lipinski definition) is 1. The molecular formula is C13H23N3O. The van der Waals surface area contributed by atoms with Gasteiger partial charge in [-0.05, 0) is 25.8 Å². The molecule has 4 heteroatoms. The lowest BCUT2D eigenvalue weighted by molar-refractivity contribution is -0.137. The normalized spacial score (nSPS) is 31.5. The molecule has 0 spiro atoms. The van der Waals surface area contributed by atoms with Crippen molar-refractivity contribution in [1.82, 2.24) is 15.1 Å². The Morgan fingerprint density at radius 2 is 1.82 bits per heavy atom. The number of carbonyl (C=O) groups excluding carboxylic acids is 1. The van der Waals surface area contributed by atoms with Gasteiger partial charge in [-0.25, -0.2) is 0 Å². The van der Waals surface area contributed by atoms with Crippen LogP contribution in [-0.2, 0) is 4.79 Å². The van der Waals surface area contributed by atoms with Gasteiger partial charge in [-0.15, -0.1) is 0 Å². The molecule has 1 unspecified atom stereocenters. The maximum absolute atomic E-state index is 12.2. The quantitative estimate of drug-likeness (QED) is 0.750. The second-order valence-electron chi connectivity index (χ2n) is 5.64. The van der Waals surface area contributed by atoms with Crippen molar-refractivity contribution < 1.29 is 4.79 Å². The first kappa shape index (κ1) is 11.5.